The highest BCUT2D eigenvalue weighted by atomic mass is 16.5. The maximum Gasteiger partial charge on any atom is 0.341 e. The fraction of sp³-hybridized carbons (Fsp3) is 0.120. The summed E-state index contributed by atoms with van der Waals surface area (Å²) in [4.78, 5) is 10.9. The molecule has 6 heteroatoms. The van der Waals surface area contributed by atoms with Crippen molar-refractivity contribution in [3.63, 3.8) is 0 Å². The second kappa shape index (κ2) is 10.6. The molecule has 0 fully saturated rings. The van der Waals surface area contributed by atoms with Gasteiger partial charge in [-0.1, -0.05) is 42.5 Å². The third-order valence-corrected chi connectivity index (χ3v) is 4.40. The Kier molecular flexibility index (Phi) is 7.43. The van der Waals surface area contributed by atoms with Gasteiger partial charge in [0.15, 0.2) is 18.1 Å². The van der Waals surface area contributed by atoms with Crippen LogP contribution in [0.1, 0.15) is 11.1 Å². The van der Waals surface area contributed by atoms with Crippen LogP contribution in [0.5, 0.6) is 11.5 Å². The SMILES string of the molecule is C=CCc1cc(/C=N\N(c2ccccc2)c2ccccc2)cc(OC)c1OCC(=O)O. The minimum absolute atomic E-state index is 0.393. The van der Waals surface area contributed by atoms with Crippen molar-refractivity contribution in [1.82, 2.24) is 0 Å². The highest BCUT2D eigenvalue weighted by molar-refractivity contribution is 5.83. The molecule has 0 aromatic heterocycles. The third kappa shape index (κ3) is 5.73. The van der Waals surface area contributed by atoms with Crippen LogP contribution < -0.4 is 14.5 Å². The van der Waals surface area contributed by atoms with E-state index in [1.807, 2.05) is 71.7 Å². The lowest BCUT2D eigenvalue weighted by atomic mass is 10.1. The van der Waals surface area contributed by atoms with Crippen LogP contribution in [-0.2, 0) is 11.2 Å². The first-order valence-electron chi connectivity index (χ1n) is 9.73. The number of aliphatic carboxylic acids is 1. The summed E-state index contributed by atoms with van der Waals surface area (Å²) in [7, 11) is 1.52. The van der Waals surface area contributed by atoms with Crippen LogP contribution in [0.25, 0.3) is 0 Å². The number of rotatable bonds is 10. The zero-order valence-electron chi connectivity index (χ0n) is 17.3. The molecule has 0 amide bonds. The van der Waals surface area contributed by atoms with Gasteiger partial charge in [0.05, 0.1) is 24.7 Å². The van der Waals surface area contributed by atoms with Gasteiger partial charge in [-0.3, -0.25) is 0 Å². The number of hydrogen-bond donors (Lipinski definition) is 1. The number of carbonyl (C=O) groups is 1. The molecule has 0 heterocycles. The Morgan fingerprint density at radius 1 is 1.06 bits per heavy atom. The number of carboxylic acid groups (broad SMARTS) is 1. The zero-order chi connectivity index (χ0) is 22.1. The molecule has 3 rings (SSSR count). The van der Waals surface area contributed by atoms with Gasteiger partial charge in [-0.25, -0.2) is 9.80 Å². The Balaban J connectivity index is 1.99. The standard InChI is InChI=1S/C25H24N2O4/c1-3-10-20-15-19(16-23(30-2)25(20)31-18-24(28)29)17-26-27(21-11-6-4-7-12-21)22-13-8-5-9-14-22/h3-9,11-17H,1,10,18H2,2H3,(H,28,29)/b26-17-. The number of ether oxygens (including phenoxy) is 2. The fourth-order valence-electron chi connectivity index (χ4n) is 3.06. The average Bonchev–Trinajstić information content (AvgIpc) is 2.79. The van der Waals surface area contributed by atoms with Gasteiger partial charge in [-0.2, -0.15) is 5.10 Å². The maximum atomic E-state index is 10.9. The molecule has 0 atom stereocenters. The number of anilines is 2. The fourth-order valence-corrected chi connectivity index (χ4v) is 3.06. The van der Waals surface area contributed by atoms with Crippen molar-refractivity contribution in [3.8, 4) is 11.5 Å². The van der Waals surface area contributed by atoms with E-state index in [9.17, 15) is 4.79 Å². The molecule has 0 saturated carbocycles. The number of hydrogen-bond acceptors (Lipinski definition) is 5. The van der Waals surface area contributed by atoms with Crippen LogP contribution in [-0.4, -0.2) is 31.0 Å². The quantitative estimate of drug-likeness (QED) is 0.284. The predicted octanol–water partition coefficient (Wildman–Crippen LogP) is 5.06. The van der Waals surface area contributed by atoms with E-state index < -0.39 is 12.6 Å². The summed E-state index contributed by atoms with van der Waals surface area (Å²) in [5.41, 5.74) is 3.39. The van der Waals surface area contributed by atoms with Crippen molar-refractivity contribution in [2.45, 2.75) is 6.42 Å². The summed E-state index contributed by atoms with van der Waals surface area (Å²) < 4.78 is 10.9. The normalized spacial score (nSPS) is 10.6. The van der Waals surface area contributed by atoms with Crippen LogP contribution in [0.4, 0.5) is 11.4 Å². The van der Waals surface area contributed by atoms with Gasteiger partial charge in [0, 0.05) is 5.56 Å². The van der Waals surface area contributed by atoms with Crippen molar-refractivity contribution < 1.29 is 19.4 Å². The molecule has 6 nitrogen and oxygen atoms in total. The van der Waals surface area contributed by atoms with E-state index in [-0.39, 0.29) is 0 Å². The van der Waals surface area contributed by atoms with E-state index in [4.69, 9.17) is 19.7 Å². The average molecular weight is 416 g/mol. The number of hydrazone groups is 1. The van der Waals surface area contributed by atoms with Crippen molar-refractivity contribution in [2.75, 3.05) is 18.7 Å². The first-order valence-corrected chi connectivity index (χ1v) is 9.73. The molecular weight excluding hydrogens is 392 g/mol. The van der Waals surface area contributed by atoms with E-state index in [2.05, 4.69) is 6.58 Å². The van der Waals surface area contributed by atoms with Gasteiger partial charge in [0.2, 0.25) is 0 Å². The third-order valence-electron chi connectivity index (χ3n) is 4.40. The summed E-state index contributed by atoms with van der Waals surface area (Å²) in [6.07, 6.45) is 3.95. The van der Waals surface area contributed by atoms with E-state index >= 15 is 0 Å². The number of methoxy groups -OCH3 is 1. The number of para-hydroxylation sites is 2. The summed E-state index contributed by atoms with van der Waals surface area (Å²) >= 11 is 0. The Morgan fingerprint density at radius 3 is 2.19 bits per heavy atom. The van der Waals surface area contributed by atoms with E-state index in [0.717, 1.165) is 22.5 Å². The lowest BCUT2D eigenvalue weighted by Crippen LogP contribution is -2.12. The monoisotopic (exact) mass is 416 g/mol. The number of nitrogens with zero attached hydrogens (tertiary/aromatic N) is 2. The highest BCUT2D eigenvalue weighted by Crippen LogP contribution is 2.33. The molecule has 31 heavy (non-hydrogen) atoms. The van der Waals surface area contributed by atoms with Gasteiger partial charge in [0.1, 0.15) is 0 Å². The molecule has 3 aromatic carbocycles. The Labute approximate surface area is 181 Å². The molecule has 0 aliphatic heterocycles. The van der Waals surface area contributed by atoms with Gasteiger partial charge in [-0.15, -0.1) is 6.58 Å². The van der Waals surface area contributed by atoms with Crippen LogP contribution in [0.2, 0.25) is 0 Å². The summed E-state index contributed by atoms with van der Waals surface area (Å²) in [5.74, 6) is -0.225. The minimum atomic E-state index is -1.06. The second-order valence-corrected chi connectivity index (χ2v) is 6.61. The largest absolute Gasteiger partial charge is 0.493 e. The topological polar surface area (TPSA) is 71.4 Å². The van der Waals surface area contributed by atoms with Gasteiger partial charge in [0.25, 0.3) is 0 Å². The van der Waals surface area contributed by atoms with Crippen LogP contribution >= 0.6 is 0 Å². The lowest BCUT2D eigenvalue weighted by molar-refractivity contribution is -0.139. The zero-order valence-corrected chi connectivity index (χ0v) is 17.3. The molecule has 0 unspecified atom stereocenters. The molecule has 0 aliphatic rings. The van der Waals surface area contributed by atoms with Crippen LogP contribution in [0, 0.1) is 0 Å². The maximum absolute atomic E-state index is 10.9. The Morgan fingerprint density at radius 2 is 1.68 bits per heavy atom. The number of carboxylic acids is 1. The van der Waals surface area contributed by atoms with Gasteiger partial charge < -0.3 is 14.6 Å². The molecule has 158 valence electrons. The molecule has 0 spiro atoms. The smallest absolute Gasteiger partial charge is 0.341 e. The van der Waals surface area contributed by atoms with E-state index in [1.165, 1.54) is 7.11 Å². The van der Waals surface area contributed by atoms with Gasteiger partial charge >= 0.3 is 5.97 Å². The molecular formula is C25H24N2O4. The first-order chi connectivity index (χ1) is 15.1. The van der Waals surface area contributed by atoms with Crippen molar-refractivity contribution >= 4 is 23.6 Å². The van der Waals surface area contributed by atoms with Crippen molar-refractivity contribution in [1.29, 1.82) is 0 Å². The predicted molar refractivity (Wildman–Crippen MR) is 123 cm³/mol. The molecule has 0 bridgehead atoms. The lowest BCUT2D eigenvalue weighted by Gasteiger charge is -2.19. The summed E-state index contributed by atoms with van der Waals surface area (Å²) in [6.45, 7) is 3.32. The molecule has 0 radical (unpaired) electrons. The summed E-state index contributed by atoms with van der Waals surface area (Å²) in [5, 5.41) is 15.5. The van der Waals surface area contributed by atoms with Crippen molar-refractivity contribution in [3.05, 3.63) is 96.6 Å². The van der Waals surface area contributed by atoms with Crippen LogP contribution in [0.15, 0.2) is 90.6 Å². The number of benzene rings is 3. The Hall–Kier alpha value is -4.06. The minimum Gasteiger partial charge on any atom is -0.493 e. The second-order valence-electron chi connectivity index (χ2n) is 6.61. The highest BCUT2D eigenvalue weighted by Gasteiger charge is 2.14. The molecule has 1 N–H and O–H groups in total. The first kappa shape index (κ1) is 21.6. The van der Waals surface area contributed by atoms with E-state index in [0.29, 0.717) is 17.9 Å². The Bertz CT molecular complexity index is 1010. The molecule has 3 aromatic rings. The van der Waals surface area contributed by atoms with Crippen LogP contribution in [0.3, 0.4) is 0 Å². The van der Waals surface area contributed by atoms with Gasteiger partial charge in [-0.05, 0) is 48.4 Å². The van der Waals surface area contributed by atoms with E-state index in [1.54, 1.807) is 18.4 Å². The molecule has 0 aliphatic carbocycles. The molecule has 0 saturated heterocycles. The number of allylic oxidation sites excluding steroid dienone is 1. The summed E-state index contributed by atoms with van der Waals surface area (Å²) in [6, 6.07) is 23.3. The van der Waals surface area contributed by atoms with Crippen molar-refractivity contribution in [2.24, 2.45) is 5.10 Å².